The van der Waals surface area contributed by atoms with Crippen LogP contribution in [-0.2, 0) is 4.74 Å². The predicted molar refractivity (Wildman–Crippen MR) is 144 cm³/mol. The van der Waals surface area contributed by atoms with Crippen LogP contribution in [0.1, 0.15) is 13.8 Å². The average molecular weight is 507 g/mol. The number of anilines is 3. The molecule has 1 aliphatic heterocycles. The Hall–Kier alpha value is -3.56. The normalized spacial score (nSPS) is 13.6. The lowest BCUT2D eigenvalue weighted by Gasteiger charge is -2.31. The Morgan fingerprint density at radius 3 is 2.47 bits per heavy atom. The minimum absolute atomic E-state index is 0.542. The van der Waals surface area contributed by atoms with E-state index in [1.165, 1.54) is 0 Å². The van der Waals surface area contributed by atoms with E-state index in [0.717, 1.165) is 68.9 Å². The van der Waals surface area contributed by atoms with Crippen molar-refractivity contribution in [3.05, 3.63) is 48.1 Å². The summed E-state index contributed by atoms with van der Waals surface area (Å²) >= 11 is 1.59. The SMILES string of the molecule is CCOc1cc(N2CCOCC2)c(OCC)cc1Nc1ncnc2scc(-c3ccc(OC)cc3)c12. The number of fused-ring (bicyclic) bond motifs is 1. The molecule has 2 aromatic heterocycles. The van der Waals surface area contributed by atoms with E-state index in [-0.39, 0.29) is 0 Å². The van der Waals surface area contributed by atoms with Crippen LogP contribution in [0.4, 0.5) is 17.2 Å². The lowest BCUT2D eigenvalue weighted by atomic mass is 10.1. The maximum absolute atomic E-state index is 6.08. The van der Waals surface area contributed by atoms with Gasteiger partial charge in [-0.1, -0.05) is 12.1 Å². The number of ether oxygens (including phenoxy) is 4. The van der Waals surface area contributed by atoms with E-state index in [0.29, 0.717) is 26.4 Å². The molecule has 0 radical (unpaired) electrons. The van der Waals surface area contributed by atoms with Gasteiger partial charge in [-0.25, -0.2) is 9.97 Å². The maximum atomic E-state index is 6.08. The highest BCUT2D eigenvalue weighted by molar-refractivity contribution is 7.17. The minimum Gasteiger partial charge on any atom is -0.497 e. The molecule has 0 atom stereocenters. The van der Waals surface area contributed by atoms with Crippen molar-refractivity contribution < 1.29 is 18.9 Å². The number of nitrogens with zero attached hydrogens (tertiary/aromatic N) is 3. The number of nitrogens with one attached hydrogen (secondary N) is 1. The Morgan fingerprint density at radius 2 is 1.75 bits per heavy atom. The van der Waals surface area contributed by atoms with Gasteiger partial charge < -0.3 is 29.2 Å². The summed E-state index contributed by atoms with van der Waals surface area (Å²) in [4.78, 5) is 12.3. The number of benzene rings is 2. The summed E-state index contributed by atoms with van der Waals surface area (Å²) in [5, 5.41) is 6.61. The van der Waals surface area contributed by atoms with E-state index in [4.69, 9.17) is 18.9 Å². The third-order valence-corrected chi connectivity index (χ3v) is 6.92. The molecule has 0 spiro atoms. The van der Waals surface area contributed by atoms with Gasteiger partial charge in [0.1, 0.15) is 34.2 Å². The van der Waals surface area contributed by atoms with Crippen molar-refractivity contribution in [2.24, 2.45) is 0 Å². The van der Waals surface area contributed by atoms with Gasteiger partial charge in [0.05, 0.1) is 50.3 Å². The van der Waals surface area contributed by atoms with Crippen LogP contribution in [0, 0.1) is 0 Å². The van der Waals surface area contributed by atoms with E-state index in [1.54, 1.807) is 24.8 Å². The Labute approximate surface area is 214 Å². The Kier molecular flexibility index (Phi) is 7.39. The fraction of sp³-hybridized carbons (Fsp3) is 0.333. The van der Waals surface area contributed by atoms with E-state index in [2.05, 4.69) is 31.6 Å². The molecular formula is C27H30N4O4S. The number of hydrogen-bond donors (Lipinski definition) is 1. The topological polar surface area (TPSA) is 78.0 Å². The van der Waals surface area contributed by atoms with E-state index in [1.807, 2.05) is 44.2 Å². The Morgan fingerprint density at radius 1 is 1.00 bits per heavy atom. The molecule has 188 valence electrons. The quantitative estimate of drug-likeness (QED) is 0.308. The molecule has 1 aliphatic rings. The summed E-state index contributed by atoms with van der Waals surface area (Å²) in [5.41, 5.74) is 3.94. The molecule has 0 bridgehead atoms. The molecule has 36 heavy (non-hydrogen) atoms. The maximum Gasteiger partial charge on any atom is 0.145 e. The van der Waals surface area contributed by atoms with Crippen molar-refractivity contribution in [1.29, 1.82) is 0 Å². The number of rotatable bonds is 9. The summed E-state index contributed by atoms with van der Waals surface area (Å²) < 4.78 is 23.0. The number of thiophene rings is 1. The van der Waals surface area contributed by atoms with Crippen molar-refractivity contribution >= 4 is 38.7 Å². The third-order valence-electron chi connectivity index (χ3n) is 6.04. The summed E-state index contributed by atoms with van der Waals surface area (Å²) in [6, 6.07) is 12.1. The molecule has 1 fully saturated rings. The Bertz CT molecular complexity index is 1320. The first kappa shape index (κ1) is 24.1. The summed E-state index contributed by atoms with van der Waals surface area (Å²) in [6.45, 7) is 8.09. The van der Waals surface area contributed by atoms with Gasteiger partial charge in [-0.05, 0) is 31.5 Å². The number of hydrogen-bond acceptors (Lipinski definition) is 9. The van der Waals surface area contributed by atoms with E-state index in [9.17, 15) is 0 Å². The van der Waals surface area contributed by atoms with E-state index < -0.39 is 0 Å². The van der Waals surface area contributed by atoms with Crippen LogP contribution in [-0.4, -0.2) is 56.6 Å². The first-order valence-corrected chi connectivity index (χ1v) is 13.0. The first-order chi connectivity index (χ1) is 17.7. The molecule has 9 heteroatoms. The highest BCUT2D eigenvalue weighted by Gasteiger charge is 2.21. The molecule has 0 amide bonds. The standard InChI is InChI=1S/C27H30N4O4S/c1-4-34-23-15-22(31-10-12-33-13-11-31)24(35-5-2)14-21(23)30-26-25-20(16-36-27(25)29-17-28-26)18-6-8-19(32-3)9-7-18/h6-9,14-17H,4-5,10-13H2,1-3H3,(H,28,29,30). The van der Waals surface area contributed by atoms with Gasteiger partial charge >= 0.3 is 0 Å². The van der Waals surface area contributed by atoms with Crippen molar-refractivity contribution in [3.63, 3.8) is 0 Å². The zero-order valence-electron chi connectivity index (χ0n) is 20.7. The van der Waals surface area contributed by atoms with Gasteiger partial charge in [0, 0.05) is 36.2 Å². The van der Waals surface area contributed by atoms with E-state index >= 15 is 0 Å². The van der Waals surface area contributed by atoms with Crippen LogP contribution in [0.15, 0.2) is 48.1 Å². The first-order valence-electron chi connectivity index (χ1n) is 12.1. The van der Waals surface area contributed by atoms with Gasteiger partial charge in [0.2, 0.25) is 0 Å². The van der Waals surface area contributed by atoms with Crippen molar-refractivity contribution in [2.75, 3.05) is 56.8 Å². The average Bonchev–Trinajstić information content (AvgIpc) is 3.36. The van der Waals surface area contributed by atoms with Crippen LogP contribution >= 0.6 is 11.3 Å². The highest BCUT2D eigenvalue weighted by Crippen LogP contribution is 2.43. The molecule has 8 nitrogen and oxygen atoms in total. The monoisotopic (exact) mass is 506 g/mol. The van der Waals surface area contributed by atoms with Crippen LogP contribution in [0.2, 0.25) is 0 Å². The fourth-order valence-corrected chi connectivity index (χ4v) is 5.24. The van der Waals surface area contributed by atoms with Gasteiger partial charge in [0.25, 0.3) is 0 Å². The van der Waals surface area contributed by atoms with Gasteiger partial charge in [-0.2, -0.15) is 0 Å². The van der Waals surface area contributed by atoms with Crippen LogP contribution in [0.5, 0.6) is 17.2 Å². The van der Waals surface area contributed by atoms with Crippen molar-refractivity contribution in [1.82, 2.24) is 9.97 Å². The summed E-state index contributed by atoms with van der Waals surface area (Å²) in [5.74, 6) is 3.08. The number of aromatic nitrogens is 2. The molecule has 1 N–H and O–H groups in total. The molecule has 0 aliphatic carbocycles. The molecule has 0 unspecified atom stereocenters. The zero-order valence-corrected chi connectivity index (χ0v) is 21.6. The molecule has 3 heterocycles. The molecule has 2 aromatic carbocycles. The third kappa shape index (κ3) is 4.89. The number of morpholine rings is 1. The lowest BCUT2D eigenvalue weighted by molar-refractivity contribution is 0.122. The molecule has 1 saturated heterocycles. The van der Waals surface area contributed by atoms with Crippen molar-refractivity contribution in [2.45, 2.75) is 13.8 Å². The lowest BCUT2D eigenvalue weighted by Crippen LogP contribution is -2.36. The second-order valence-corrected chi connectivity index (χ2v) is 9.04. The van der Waals surface area contributed by atoms with Crippen LogP contribution in [0.25, 0.3) is 21.3 Å². The summed E-state index contributed by atoms with van der Waals surface area (Å²) in [6.07, 6.45) is 1.59. The molecular weight excluding hydrogens is 476 g/mol. The van der Waals surface area contributed by atoms with Gasteiger partial charge in [0.15, 0.2) is 0 Å². The molecule has 5 rings (SSSR count). The fourth-order valence-electron chi connectivity index (χ4n) is 4.32. The van der Waals surface area contributed by atoms with Gasteiger partial charge in [-0.3, -0.25) is 0 Å². The number of methoxy groups -OCH3 is 1. The van der Waals surface area contributed by atoms with Crippen LogP contribution in [0.3, 0.4) is 0 Å². The van der Waals surface area contributed by atoms with Crippen molar-refractivity contribution in [3.8, 4) is 28.4 Å². The van der Waals surface area contributed by atoms with Gasteiger partial charge in [-0.15, -0.1) is 11.3 Å². The predicted octanol–water partition coefficient (Wildman–Crippen LogP) is 5.74. The highest BCUT2D eigenvalue weighted by atomic mass is 32.1. The minimum atomic E-state index is 0.542. The Balaban J connectivity index is 1.57. The second-order valence-electron chi connectivity index (χ2n) is 8.19. The molecule has 4 aromatic rings. The molecule has 0 saturated carbocycles. The largest absolute Gasteiger partial charge is 0.497 e. The summed E-state index contributed by atoms with van der Waals surface area (Å²) in [7, 11) is 1.67. The second kappa shape index (κ2) is 11.0. The van der Waals surface area contributed by atoms with Crippen LogP contribution < -0.4 is 24.4 Å². The smallest absolute Gasteiger partial charge is 0.145 e. The zero-order chi connectivity index (χ0) is 24.9.